The van der Waals surface area contributed by atoms with Gasteiger partial charge in [0.25, 0.3) is 0 Å². The van der Waals surface area contributed by atoms with E-state index in [0.717, 1.165) is 5.33 Å². The van der Waals surface area contributed by atoms with Gasteiger partial charge in [0.2, 0.25) is 5.91 Å². The number of amides is 1. The van der Waals surface area contributed by atoms with E-state index in [9.17, 15) is 9.59 Å². The third kappa shape index (κ3) is 2.46. The summed E-state index contributed by atoms with van der Waals surface area (Å²) >= 11 is 3.35. The molecule has 1 amide bonds. The lowest BCUT2D eigenvalue weighted by Crippen LogP contribution is -2.25. The number of anilines is 1. The van der Waals surface area contributed by atoms with Crippen LogP contribution in [-0.2, 0) is 4.79 Å². The molecule has 1 N–H and O–H groups in total. The third-order valence-electron chi connectivity index (χ3n) is 2.71. The predicted molar refractivity (Wildman–Crippen MR) is 65.5 cm³/mol. The van der Waals surface area contributed by atoms with Crippen LogP contribution in [0.2, 0.25) is 0 Å². The molecule has 1 saturated heterocycles. The van der Waals surface area contributed by atoms with Crippen molar-refractivity contribution >= 4 is 33.5 Å². The van der Waals surface area contributed by atoms with Gasteiger partial charge >= 0.3 is 5.97 Å². The number of aromatic nitrogens is 1. The van der Waals surface area contributed by atoms with E-state index in [-0.39, 0.29) is 17.4 Å². The minimum atomic E-state index is -1.04. The van der Waals surface area contributed by atoms with Crippen molar-refractivity contribution in [2.24, 2.45) is 5.92 Å². The molecular weight excluding hydrogens is 288 g/mol. The molecule has 1 aromatic heterocycles. The summed E-state index contributed by atoms with van der Waals surface area (Å²) in [5, 5.41) is 9.63. The number of aromatic carboxylic acids is 1. The Hall–Kier alpha value is -1.43. The summed E-state index contributed by atoms with van der Waals surface area (Å²) < 4.78 is 0. The van der Waals surface area contributed by atoms with E-state index in [1.54, 1.807) is 4.90 Å². The standard InChI is InChI=1S/C11H11BrN2O3/c12-3-7-1-10(15)14(6-7)9-2-8(11(16)17)4-13-5-9/h2,4-5,7H,1,3,6H2,(H,16,17). The zero-order valence-corrected chi connectivity index (χ0v) is 10.6. The molecule has 1 unspecified atom stereocenters. The number of alkyl halides is 1. The maximum Gasteiger partial charge on any atom is 0.337 e. The number of carbonyl (C=O) groups is 2. The molecular formula is C11H11BrN2O3. The average Bonchev–Trinajstić information content (AvgIpc) is 2.71. The van der Waals surface area contributed by atoms with E-state index in [0.29, 0.717) is 18.7 Å². The Kier molecular flexibility index (Phi) is 3.42. The van der Waals surface area contributed by atoms with Gasteiger partial charge in [0.05, 0.1) is 17.4 Å². The van der Waals surface area contributed by atoms with Crippen LogP contribution < -0.4 is 4.90 Å². The summed E-state index contributed by atoms with van der Waals surface area (Å²) in [4.78, 5) is 28.0. The normalized spacial score (nSPS) is 19.7. The summed E-state index contributed by atoms with van der Waals surface area (Å²) in [6, 6.07) is 1.48. The lowest BCUT2D eigenvalue weighted by molar-refractivity contribution is -0.117. The first-order chi connectivity index (χ1) is 8.11. The molecule has 90 valence electrons. The SMILES string of the molecule is O=C(O)c1cncc(N2CC(CBr)CC2=O)c1. The van der Waals surface area contributed by atoms with E-state index in [1.165, 1.54) is 18.5 Å². The fraction of sp³-hybridized carbons (Fsp3) is 0.364. The van der Waals surface area contributed by atoms with Gasteiger partial charge in [-0.25, -0.2) is 4.79 Å². The second-order valence-corrected chi connectivity index (χ2v) is 4.61. The van der Waals surface area contributed by atoms with Gasteiger partial charge in [0.15, 0.2) is 0 Å². The number of nitrogens with zero attached hydrogens (tertiary/aromatic N) is 2. The highest BCUT2D eigenvalue weighted by Crippen LogP contribution is 2.26. The topological polar surface area (TPSA) is 70.5 Å². The first-order valence-corrected chi connectivity index (χ1v) is 6.28. The van der Waals surface area contributed by atoms with Gasteiger partial charge < -0.3 is 10.0 Å². The Morgan fingerprint density at radius 3 is 2.94 bits per heavy atom. The third-order valence-corrected chi connectivity index (χ3v) is 3.62. The number of hydrogen-bond donors (Lipinski definition) is 1. The van der Waals surface area contributed by atoms with Gasteiger partial charge in [-0.05, 0) is 12.0 Å². The zero-order chi connectivity index (χ0) is 12.4. The molecule has 0 saturated carbocycles. The van der Waals surface area contributed by atoms with Crippen molar-refractivity contribution in [1.29, 1.82) is 0 Å². The fourth-order valence-electron chi connectivity index (χ4n) is 1.83. The number of pyridine rings is 1. The first kappa shape index (κ1) is 12.0. The van der Waals surface area contributed by atoms with Crippen LogP contribution in [0.1, 0.15) is 16.8 Å². The Labute approximate surface area is 107 Å². The van der Waals surface area contributed by atoms with Crippen molar-refractivity contribution < 1.29 is 14.7 Å². The van der Waals surface area contributed by atoms with Gasteiger partial charge in [0.1, 0.15) is 0 Å². The highest BCUT2D eigenvalue weighted by atomic mass is 79.9. The smallest absolute Gasteiger partial charge is 0.337 e. The van der Waals surface area contributed by atoms with Crippen molar-refractivity contribution in [2.45, 2.75) is 6.42 Å². The van der Waals surface area contributed by atoms with Gasteiger partial charge in [0, 0.05) is 24.5 Å². The quantitative estimate of drug-likeness (QED) is 0.859. The molecule has 0 radical (unpaired) electrons. The van der Waals surface area contributed by atoms with Crippen molar-refractivity contribution in [3.8, 4) is 0 Å². The molecule has 6 heteroatoms. The number of hydrogen-bond acceptors (Lipinski definition) is 3. The van der Waals surface area contributed by atoms with Gasteiger partial charge in [-0.1, -0.05) is 15.9 Å². The van der Waals surface area contributed by atoms with Crippen LogP contribution in [0.4, 0.5) is 5.69 Å². The monoisotopic (exact) mass is 298 g/mol. The van der Waals surface area contributed by atoms with E-state index < -0.39 is 5.97 Å². The van der Waals surface area contributed by atoms with E-state index in [4.69, 9.17) is 5.11 Å². The number of rotatable bonds is 3. The molecule has 5 nitrogen and oxygen atoms in total. The maximum absolute atomic E-state index is 11.8. The zero-order valence-electron chi connectivity index (χ0n) is 8.97. The maximum atomic E-state index is 11.8. The molecule has 0 bridgehead atoms. The number of carbonyl (C=O) groups excluding carboxylic acids is 1. The van der Waals surface area contributed by atoms with Crippen molar-refractivity contribution in [3.05, 3.63) is 24.0 Å². The van der Waals surface area contributed by atoms with Crippen LogP contribution in [0.15, 0.2) is 18.5 Å². The second-order valence-electron chi connectivity index (χ2n) is 3.97. The molecule has 1 fully saturated rings. The van der Waals surface area contributed by atoms with Crippen LogP contribution in [-0.4, -0.2) is 33.8 Å². The number of halogens is 1. The highest BCUT2D eigenvalue weighted by Gasteiger charge is 2.30. The largest absolute Gasteiger partial charge is 0.478 e. The van der Waals surface area contributed by atoms with Crippen LogP contribution in [0.5, 0.6) is 0 Å². The number of carboxylic acid groups (broad SMARTS) is 1. The van der Waals surface area contributed by atoms with Gasteiger partial charge in [-0.3, -0.25) is 9.78 Å². The second kappa shape index (κ2) is 4.83. The molecule has 1 aromatic rings. The van der Waals surface area contributed by atoms with Crippen LogP contribution in [0.3, 0.4) is 0 Å². The summed E-state index contributed by atoms with van der Waals surface area (Å²) in [5.74, 6) is -0.752. The van der Waals surface area contributed by atoms with E-state index in [2.05, 4.69) is 20.9 Å². The van der Waals surface area contributed by atoms with E-state index in [1.807, 2.05) is 0 Å². The molecule has 1 atom stereocenters. The lowest BCUT2D eigenvalue weighted by Gasteiger charge is -2.16. The van der Waals surface area contributed by atoms with E-state index >= 15 is 0 Å². The summed E-state index contributed by atoms with van der Waals surface area (Å²) in [7, 11) is 0. The molecule has 1 aliphatic heterocycles. The molecule has 2 rings (SSSR count). The first-order valence-electron chi connectivity index (χ1n) is 5.16. The number of carboxylic acids is 1. The summed E-state index contributed by atoms with van der Waals surface area (Å²) in [5.41, 5.74) is 0.649. The van der Waals surface area contributed by atoms with Gasteiger partial charge in [-0.15, -0.1) is 0 Å². The molecule has 2 heterocycles. The van der Waals surface area contributed by atoms with Gasteiger partial charge in [-0.2, -0.15) is 0 Å². The Morgan fingerprint density at radius 1 is 1.59 bits per heavy atom. The Morgan fingerprint density at radius 2 is 2.35 bits per heavy atom. The predicted octanol–water partition coefficient (Wildman–Crippen LogP) is 1.53. The van der Waals surface area contributed by atoms with Crippen molar-refractivity contribution in [1.82, 2.24) is 4.98 Å². The average molecular weight is 299 g/mol. The fourth-order valence-corrected chi connectivity index (χ4v) is 2.26. The van der Waals surface area contributed by atoms with Crippen LogP contribution in [0, 0.1) is 5.92 Å². The Bertz CT molecular complexity index is 464. The Balaban J connectivity index is 2.25. The van der Waals surface area contributed by atoms with Crippen molar-refractivity contribution in [3.63, 3.8) is 0 Å². The molecule has 0 aliphatic carbocycles. The minimum absolute atomic E-state index is 0.0128. The molecule has 1 aliphatic rings. The van der Waals surface area contributed by atoms with Crippen LogP contribution in [0.25, 0.3) is 0 Å². The lowest BCUT2D eigenvalue weighted by atomic mass is 10.2. The summed E-state index contributed by atoms with van der Waals surface area (Å²) in [6.45, 7) is 0.606. The van der Waals surface area contributed by atoms with Crippen LogP contribution >= 0.6 is 15.9 Å². The highest BCUT2D eigenvalue weighted by molar-refractivity contribution is 9.09. The molecule has 0 spiro atoms. The summed E-state index contributed by atoms with van der Waals surface area (Å²) in [6.07, 6.45) is 3.28. The van der Waals surface area contributed by atoms with Crippen molar-refractivity contribution in [2.75, 3.05) is 16.8 Å². The minimum Gasteiger partial charge on any atom is -0.478 e. The molecule has 17 heavy (non-hydrogen) atoms. The molecule has 0 aromatic carbocycles.